The second-order valence-electron chi connectivity index (χ2n) is 10.5. The molecule has 0 aromatic heterocycles. The van der Waals surface area contributed by atoms with Crippen LogP contribution in [-0.2, 0) is 0 Å². The largest absolute Gasteiger partial charge is 0.491 e. The van der Waals surface area contributed by atoms with Gasteiger partial charge in [0.1, 0.15) is 5.75 Å². The lowest BCUT2D eigenvalue weighted by Crippen LogP contribution is -2.12. The van der Waals surface area contributed by atoms with Crippen molar-refractivity contribution in [3.8, 4) is 29.1 Å². The van der Waals surface area contributed by atoms with Gasteiger partial charge in [-0.2, -0.15) is 0 Å². The molecular formula is C36H42F2O4. The van der Waals surface area contributed by atoms with Crippen LogP contribution >= 0.6 is 0 Å². The fourth-order valence-electron chi connectivity index (χ4n) is 4.36. The van der Waals surface area contributed by atoms with Gasteiger partial charge in [-0.25, -0.2) is 13.6 Å². The predicted molar refractivity (Wildman–Crippen MR) is 163 cm³/mol. The van der Waals surface area contributed by atoms with Gasteiger partial charge in [-0.1, -0.05) is 70.6 Å². The van der Waals surface area contributed by atoms with Crippen molar-refractivity contribution >= 4 is 5.97 Å². The van der Waals surface area contributed by atoms with Crippen LogP contribution in [0, 0.1) is 23.5 Å². The van der Waals surface area contributed by atoms with Crippen LogP contribution in [-0.4, -0.2) is 18.7 Å². The van der Waals surface area contributed by atoms with Crippen molar-refractivity contribution in [3.05, 3.63) is 89.0 Å². The van der Waals surface area contributed by atoms with Crippen molar-refractivity contribution in [2.75, 3.05) is 6.61 Å². The van der Waals surface area contributed by atoms with E-state index in [2.05, 4.69) is 25.7 Å². The third-order valence-electron chi connectivity index (χ3n) is 6.81. The molecule has 42 heavy (non-hydrogen) atoms. The molecule has 0 N–H and O–H groups in total. The summed E-state index contributed by atoms with van der Waals surface area (Å²) >= 11 is 0. The van der Waals surface area contributed by atoms with E-state index in [0.717, 1.165) is 51.0 Å². The first-order valence-corrected chi connectivity index (χ1v) is 15.1. The monoisotopic (exact) mass is 576 g/mol. The molecule has 0 amide bonds. The number of halogens is 2. The highest BCUT2D eigenvalue weighted by molar-refractivity contribution is 5.91. The molecule has 224 valence electrons. The fourth-order valence-corrected chi connectivity index (χ4v) is 4.36. The maximum absolute atomic E-state index is 14.6. The molecule has 0 bridgehead atoms. The van der Waals surface area contributed by atoms with Crippen LogP contribution in [0.15, 0.2) is 60.7 Å². The second kappa shape index (κ2) is 17.9. The van der Waals surface area contributed by atoms with E-state index in [1.807, 2.05) is 6.92 Å². The average Bonchev–Trinajstić information content (AvgIpc) is 2.98. The molecule has 6 heteroatoms. The highest BCUT2D eigenvalue weighted by Gasteiger charge is 2.13. The molecule has 0 radical (unpaired) electrons. The number of benzene rings is 3. The topological polar surface area (TPSA) is 44.8 Å². The Kier molecular flexibility index (Phi) is 13.9. The van der Waals surface area contributed by atoms with Gasteiger partial charge in [-0.15, -0.1) is 0 Å². The van der Waals surface area contributed by atoms with Crippen molar-refractivity contribution in [1.82, 2.24) is 0 Å². The van der Waals surface area contributed by atoms with E-state index in [1.54, 1.807) is 36.4 Å². The third-order valence-corrected chi connectivity index (χ3v) is 6.81. The molecule has 0 fully saturated rings. The number of carbonyl (C=O) groups is 1. The normalized spacial score (nSPS) is 11.4. The number of carbonyl (C=O) groups excluding carboxylic acids is 1. The van der Waals surface area contributed by atoms with E-state index in [4.69, 9.17) is 14.2 Å². The van der Waals surface area contributed by atoms with Gasteiger partial charge in [0.15, 0.2) is 23.1 Å². The van der Waals surface area contributed by atoms with Gasteiger partial charge in [0.05, 0.1) is 18.3 Å². The standard InChI is InChI=1S/C36H42F2O4/c1-4-6-8-10-12-24-40-34-23-19-30(26-33(34)38)36(39)42-31-20-16-28(17-21-31)14-15-29-18-22-35(32(37)25-29)41-27(3)13-11-9-7-5-2/h16-23,25-27H,4-13,24H2,1-3H3. The first-order valence-electron chi connectivity index (χ1n) is 15.1. The Morgan fingerprint density at radius 1 is 0.738 bits per heavy atom. The number of hydrogen-bond donors (Lipinski definition) is 0. The van der Waals surface area contributed by atoms with Crippen LogP contribution in [0.5, 0.6) is 17.2 Å². The smallest absolute Gasteiger partial charge is 0.343 e. The molecule has 0 spiro atoms. The maximum atomic E-state index is 14.6. The van der Waals surface area contributed by atoms with Gasteiger partial charge >= 0.3 is 5.97 Å². The van der Waals surface area contributed by atoms with E-state index in [1.165, 1.54) is 37.5 Å². The molecule has 4 nitrogen and oxygen atoms in total. The van der Waals surface area contributed by atoms with Crippen molar-refractivity contribution in [2.45, 2.75) is 91.1 Å². The molecule has 0 aliphatic rings. The number of unbranched alkanes of at least 4 members (excludes halogenated alkanes) is 7. The summed E-state index contributed by atoms with van der Waals surface area (Å²) in [6, 6.07) is 15.4. The van der Waals surface area contributed by atoms with Crippen LogP contribution in [0.1, 0.15) is 106 Å². The SMILES string of the molecule is CCCCCCCOc1ccc(C(=O)Oc2ccc(C#Cc3ccc(OC(C)CCCCCC)c(F)c3)cc2)cc1F. The van der Waals surface area contributed by atoms with Gasteiger partial charge in [0, 0.05) is 11.1 Å². The van der Waals surface area contributed by atoms with Crippen LogP contribution in [0.25, 0.3) is 0 Å². The lowest BCUT2D eigenvalue weighted by molar-refractivity contribution is 0.0734. The minimum Gasteiger partial charge on any atom is -0.491 e. The summed E-state index contributed by atoms with van der Waals surface area (Å²) in [7, 11) is 0. The van der Waals surface area contributed by atoms with E-state index < -0.39 is 17.6 Å². The van der Waals surface area contributed by atoms with Gasteiger partial charge in [-0.05, 0) is 86.8 Å². The van der Waals surface area contributed by atoms with E-state index in [-0.39, 0.29) is 23.2 Å². The van der Waals surface area contributed by atoms with E-state index in [9.17, 15) is 13.6 Å². The summed E-state index contributed by atoms with van der Waals surface area (Å²) in [5.74, 6) is 4.87. The summed E-state index contributed by atoms with van der Waals surface area (Å²) in [5, 5.41) is 0. The van der Waals surface area contributed by atoms with Crippen molar-refractivity contribution in [2.24, 2.45) is 0 Å². The molecule has 0 saturated heterocycles. The van der Waals surface area contributed by atoms with Gasteiger partial charge in [0.2, 0.25) is 0 Å². The molecule has 3 aromatic carbocycles. The Bertz CT molecular complexity index is 1320. The van der Waals surface area contributed by atoms with Crippen LogP contribution in [0.3, 0.4) is 0 Å². The Morgan fingerprint density at radius 2 is 1.36 bits per heavy atom. The summed E-state index contributed by atoms with van der Waals surface area (Å²) in [6.07, 6.45) is 10.8. The van der Waals surface area contributed by atoms with Gasteiger partial charge in [0.25, 0.3) is 0 Å². The minimum atomic E-state index is -0.674. The zero-order chi connectivity index (χ0) is 30.2. The molecule has 0 saturated carbocycles. The fraction of sp³-hybridized carbons (Fsp3) is 0.417. The summed E-state index contributed by atoms with van der Waals surface area (Å²) in [4.78, 5) is 12.5. The van der Waals surface area contributed by atoms with E-state index in [0.29, 0.717) is 23.5 Å². The van der Waals surface area contributed by atoms with Gasteiger partial charge < -0.3 is 14.2 Å². The van der Waals surface area contributed by atoms with Crippen molar-refractivity contribution in [1.29, 1.82) is 0 Å². The van der Waals surface area contributed by atoms with Crippen LogP contribution < -0.4 is 14.2 Å². The van der Waals surface area contributed by atoms with Crippen molar-refractivity contribution in [3.63, 3.8) is 0 Å². The highest BCUT2D eigenvalue weighted by Crippen LogP contribution is 2.22. The number of hydrogen-bond acceptors (Lipinski definition) is 4. The molecule has 0 aliphatic carbocycles. The van der Waals surface area contributed by atoms with Crippen LogP contribution in [0.4, 0.5) is 8.78 Å². The lowest BCUT2D eigenvalue weighted by atomic mass is 10.1. The molecule has 0 heterocycles. The van der Waals surface area contributed by atoms with Gasteiger partial charge in [-0.3, -0.25) is 0 Å². The summed E-state index contributed by atoms with van der Waals surface area (Å²) < 4.78 is 45.7. The zero-order valence-electron chi connectivity index (χ0n) is 25.0. The Morgan fingerprint density at radius 3 is 2.05 bits per heavy atom. The second-order valence-corrected chi connectivity index (χ2v) is 10.5. The first kappa shape index (κ1) is 32.7. The van der Waals surface area contributed by atoms with E-state index >= 15 is 0 Å². The quantitative estimate of drug-likeness (QED) is 0.0737. The molecular weight excluding hydrogens is 534 g/mol. The lowest BCUT2D eigenvalue weighted by Gasteiger charge is -2.15. The Balaban J connectivity index is 1.50. The number of rotatable bonds is 16. The third kappa shape index (κ3) is 11.2. The summed E-state index contributed by atoms with van der Waals surface area (Å²) in [5.41, 5.74) is 1.28. The molecule has 3 rings (SSSR count). The zero-order valence-corrected chi connectivity index (χ0v) is 25.0. The minimum absolute atomic E-state index is 0.0526. The van der Waals surface area contributed by atoms with Crippen LogP contribution in [0.2, 0.25) is 0 Å². The van der Waals surface area contributed by atoms with Crippen molar-refractivity contribution < 1.29 is 27.8 Å². The average molecular weight is 577 g/mol. The molecule has 3 aromatic rings. The summed E-state index contributed by atoms with van der Waals surface area (Å²) in [6.45, 7) is 6.72. The molecule has 1 atom stereocenters. The molecule has 0 aliphatic heterocycles. The predicted octanol–water partition coefficient (Wildman–Crippen LogP) is 9.67. The molecule has 1 unspecified atom stereocenters. The highest BCUT2D eigenvalue weighted by atomic mass is 19.1. The Labute approximate surface area is 249 Å². The Hall–Kier alpha value is -3.85. The maximum Gasteiger partial charge on any atom is 0.343 e. The first-order chi connectivity index (χ1) is 20.4. The number of esters is 1. The number of ether oxygens (including phenoxy) is 3.